The third-order valence-electron chi connectivity index (χ3n) is 4.30. The summed E-state index contributed by atoms with van der Waals surface area (Å²) in [5.74, 6) is -2.01. The van der Waals surface area contributed by atoms with Crippen LogP contribution in [0.25, 0.3) is 5.69 Å². The quantitative estimate of drug-likeness (QED) is 0.863. The maximum absolute atomic E-state index is 13.1. The van der Waals surface area contributed by atoms with Crippen molar-refractivity contribution in [2.45, 2.75) is 31.5 Å². The van der Waals surface area contributed by atoms with E-state index in [1.165, 1.54) is 18.2 Å². The zero-order valence-corrected chi connectivity index (χ0v) is 13.4. The van der Waals surface area contributed by atoms with Crippen molar-refractivity contribution in [2.75, 3.05) is 0 Å². The first-order valence-corrected chi connectivity index (χ1v) is 7.88. The van der Waals surface area contributed by atoms with Gasteiger partial charge in [0.05, 0.1) is 23.4 Å². The predicted molar refractivity (Wildman–Crippen MR) is 82.6 cm³/mol. The Morgan fingerprint density at radius 2 is 1.96 bits per heavy atom. The highest BCUT2D eigenvalue weighted by molar-refractivity contribution is 5.92. The number of nitrogens with zero attached hydrogens (tertiary/aromatic N) is 3. The van der Waals surface area contributed by atoms with Crippen LogP contribution in [-0.2, 0) is 11.0 Å². The van der Waals surface area contributed by atoms with Crippen molar-refractivity contribution in [2.24, 2.45) is 5.92 Å². The van der Waals surface area contributed by atoms with Crippen LogP contribution in [0, 0.1) is 5.92 Å². The molecule has 2 aromatic rings. The van der Waals surface area contributed by atoms with Crippen LogP contribution in [-0.4, -0.2) is 38.0 Å². The van der Waals surface area contributed by atoms with Crippen molar-refractivity contribution in [3.63, 3.8) is 0 Å². The number of hydrogen-bond acceptors (Lipinski definition) is 4. The lowest BCUT2D eigenvalue weighted by atomic mass is 10.1. The van der Waals surface area contributed by atoms with Gasteiger partial charge < -0.3 is 10.4 Å². The van der Waals surface area contributed by atoms with E-state index in [-0.39, 0.29) is 17.4 Å². The normalized spacial score (nSPS) is 20.1. The molecule has 1 aromatic heterocycles. The topological polar surface area (TPSA) is 97.1 Å². The van der Waals surface area contributed by atoms with Gasteiger partial charge in [0.25, 0.3) is 5.91 Å². The molecule has 1 amide bonds. The van der Waals surface area contributed by atoms with E-state index >= 15 is 0 Å². The van der Waals surface area contributed by atoms with Gasteiger partial charge in [0, 0.05) is 6.04 Å². The molecule has 2 atom stereocenters. The molecule has 1 aromatic carbocycles. The molecule has 1 aliphatic carbocycles. The zero-order chi connectivity index (χ0) is 18.9. The van der Waals surface area contributed by atoms with Gasteiger partial charge in [-0.05, 0) is 31.4 Å². The van der Waals surface area contributed by atoms with Crippen LogP contribution in [0.5, 0.6) is 0 Å². The number of aromatic nitrogens is 3. The second-order valence-electron chi connectivity index (χ2n) is 6.08. The smallest absolute Gasteiger partial charge is 0.418 e. The number of para-hydroxylation sites is 1. The van der Waals surface area contributed by atoms with E-state index in [1.54, 1.807) is 0 Å². The summed E-state index contributed by atoms with van der Waals surface area (Å²) in [7, 11) is 0. The Morgan fingerprint density at radius 3 is 2.62 bits per heavy atom. The van der Waals surface area contributed by atoms with Gasteiger partial charge >= 0.3 is 12.1 Å². The van der Waals surface area contributed by atoms with Crippen molar-refractivity contribution in [3.8, 4) is 5.69 Å². The van der Waals surface area contributed by atoms with Crippen LogP contribution in [0.2, 0.25) is 0 Å². The van der Waals surface area contributed by atoms with Crippen LogP contribution in [0.3, 0.4) is 0 Å². The van der Waals surface area contributed by atoms with Crippen molar-refractivity contribution in [1.82, 2.24) is 20.3 Å². The molecular formula is C16H15F3N4O3. The maximum Gasteiger partial charge on any atom is 0.418 e. The molecule has 7 nitrogen and oxygen atoms in total. The summed E-state index contributed by atoms with van der Waals surface area (Å²) in [5.41, 5.74) is -1.27. The third-order valence-corrected chi connectivity index (χ3v) is 4.30. The Bertz CT molecular complexity index is 834. The molecule has 0 unspecified atom stereocenters. The fourth-order valence-electron chi connectivity index (χ4n) is 2.99. The Balaban J connectivity index is 1.75. The molecule has 1 fully saturated rings. The molecule has 1 saturated carbocycles. The van der Waals surface area contributed by atoms with Crippen molar-refractivity contribution in [1.29, 1.82) is 0 Å². The predicted octanol–water partition coefficient (Wildman–Crippen LogP) is 2.27. The van der Waals surface area contributed by atoms with E-state index in [0.29, 0.717) is 19.3 Å². The Labute approximate surface area is 145 Å². The second-order valence-corrected chi connectivity index (χ2v) is 6.08. The maximum atomic E-state index is 13.1. The molecule has 138 valence electrons. The van der Waals surface area contributed by atoms with Crippen molar-refractivity contribution in [3.05, 3.63) is 41.7 Å². The zero-order valence-electron chi connectivity index (χ0n) is 13.4. The molecule has 0 saturated heterocycles. The van der Waals surface area contributed by atoms with Gasteiger partial charge in [-0.2, -0.15) is 13.2 Å². The molecule has 26 heavy (non-hydrogen) atoms. The van der Waals surface area contributed by atoms with Crippen molar-refractivity contribution >= 4 is 11.9 Å². The number of carbonyl (C=O) groups is 2. The summed E-state index contributed by atoms with van der Waals surface area (Å²) in [6.07, 6.45) is -2.16. The summed E-state index contributed by atoms with van der Waals surface area (Å²) in [6, 6.07) is 4.53. The highest BCUT2D eigenvalue weighted by atomic mass is 19.4. The van der Waals surface area contributed by atoms with Gasteiger partial charge in [-0.15, -0.1) is 5.10 Å². The number of amides is 1. The number of carboxylic acid groups (broad SMARTS) is 1. The van der Waals surface area contributed by atoms with Gasteiger partial charge in [-0.1, -0.05) is 17.3 Å². The lowest BCUT2D eigenvalue weighted by Gasteiger charge is -2.12. The van der Waals surface area contributed by atoms with Crippen LogP contribution in [0.1, 0.15) is 35.3 Å². The molecular weight excluding hydrogens is 353 g/mol. The number of benzene rings is 1. The van der Waals surface area contributed by atoms with Gasteiger partial charge in [-0.3, -0.25) is 9.59 Å². The van der Waals surface area contributed by atoms with Crippen molar-refractivity contribution < 1.29 is 27.9 Å². The van der Waals surface area contributed by atoms with E-state index in [2.05, 4.69) is 15.6 Å². The molecule has 1 heterocycles. The number of rotatable bonds is 4. The largest absolute Gasteiger partial charge is 0.481 e. The van der Waals surface area contributed by atoms with E-state index in [1.807, 2.05) is 0 Å². The summed E-state index contributed by atoms with van der Waals surface area (Å²) in [6.45, 7) is 0. The fraction of sp³-hybridized carbons (Fsp3) is 0.375. The summed E-state index contributed by atoms with van der Waals surface area (Å²) < 4.78 is 40.1. The number of hydrogen-bond donors (Lipinski definition) is 2. The Kier molecular flexibility index (Phi) is 4.66. The average Bonchev–Trinajstić information content (AvgIpc) is 3.23. The minimum atomic E-state index is -4.57. The first-order chi connectivity index (χ1) is 12.3. The van der Waals surface area contributed by atoms with Crippen LogP contribution in [0.15, 0.2) is 30.5 Å². The third kappa shape index (κ3) is 3.68. The number of nitrogens with one attached hydrogen (secondary N) is 1. The van der Waals surface area contributed by atoms with Gasteiger partial charge in [-0.25, -0.2) is 4.68 Å². The first kappa shape index (κ1) is 17.9. The van der Waals surface area contributed by atoms with Crippen LogP contribution < -0.4 is 5.32 Å². The molecule has 1 aliphatic rings. The van der Waals surface area contributed by atoms with E-state index in [9.17, 15) is 22.8 Å². The number of carbonyl (C=O) groups excluding carboxylic acids is 1. The SMILES string of the molecule is O=C(N[C@H]1CC[C@@H](C(=O)O)C1)c1cn(-c2ccccc2C(F)(F)F)nn1. The monoisotopic (exact) mass is 368 g/mol. The lowest BCUT2D eigenvalue weighted by molar-refractivity contribution is -0.141. The molecule has 0 bridgehead atoms. The molecule has 2 N–H and O–H groups in total. The standard InChI is InChI=1S/C16H15F3N4O3/c17-16(18,19)11-3-1-2-4-13(11)23-8-12(21-22-23)14(24)20-10-6-5-9(7-10)15(25)26/h1-4,8-10H,5-7H2,(H,20,24)(H,25,26)/t9-,10+/m1/s1. The van der Waals surface area contributed by atoms with E-state index < -0.39 is 29.5 Å². The number of carboxylic acids is 1. The highest BCUT2D eigenvalue weighted by Gasteiger charge is 2.34. The first-order valence-electron chi connectivity index (χ1n) is 7.88. The minimum absolute atomic E-state index is 0.138. The van der Waals surface area contributed by atoms with Gasteiger partial charge in [0.1, 0.15) is 0 Å². The number of halogens is 3. The van der Waals surface area contributed by atoms with Gasteiger partial charge in [0.15, 0.2) is 5.69 Å². The molecule has 10 heteroatoms. The van der Waals surface area contributed by atoms with E-state index in [4.69, 9.17) is 5.11 Å². The minimum Gasteiger partial charge on any atom is -0.481 e. The van der Waals surface area contributed by atoms with E-state index in [0.717, 1.165) is 16.9 Å². The summed E-state index contributed by atoms with van der Waals surface area (Å²) in [4.78, 5) is 23.2. The summed E-state index contributed by atoms with van der Waals surface area (Å²) >= 11 is 0. The Hall–Kier alpha value is -2.91. The lowest BCUT2D eigenvalue weighted by Crippen LogP contribution is -2.33. The molecule has 0 spiro atoms. The summed E-state index contributed by atoms with van der Waals surface area (Å²) in [5, 5.41) is 18.9. The highest BCUT2D eigenvalue weighted by Crippen LogP contribution is 2.33. The molecule has 3 rings (SSSR count). The fourth-order valence-corrected chi connectivity index (χ4v) is 2.99. The Morgan fingerprint density at radius 1 is 1.23 bits per heavy atom. The van der Waals surface area contributed by atoms with Gasteiger partial charge in [0.2, 0.25) is 0 Å². The average molecular weight is 368 g/mol. The van der Waals surface area contributed by atoms with Crippen LogP contribution >= 0.6 is 0 Å². The number of aliphatic carboxylic acids is 1. The molecule has 0 aliphatic heterocycles. The number of alkyl halides is 3. The van der Waals surface area contributed by atoms with Crippen LogP contribution in [0.4, 0.5) is 13.2 Å². The second kappa shape index (κ2) is 6.77. The molecule has 0 radical (unpaired) electrons.